The van der Waals surface area contributed by atoms with Gasteiger partial charge < -0.3 is 13.0 Å². The number of unbranched alkanes of at least 4 members (excludes halogenated alkanes) is 3. The summed E-state index contributed by atoms with van der Waals surface area (Å²) in [7, 11) is -4.71. The van der Waals surface area contributed by atoms with E-state index in [1.165, 1.54) is 19.3 Å². The predicted molar refractivity (Wildman–Crippen MR) is 91.1 cm³/mol. The Balaban J connectivity index is 4.38. The highest BCUT2D eigenvalue weighted by Crippen LogP contribution is 2.19. The van der Waals surface area contributed by atoms with Crippen molar-refractivity contribution in [2.45, 2.75) is 59.0 Å². The van der Waals surface area contributed by atoms with Gasteiger partial charge in [-0.2, -0.15) is 0 Å². The lowest BCUT2D eigenvalue weighted by molar-refractivity contribution is 0.199. The second-order valence-electron chi connectivity index (χ2n) is 5.30. The second kappa shape index (κ2) is 10.5. The molecule has 0 heterocycles. The minimum Gasteiger partial charge on any atom is -0.409 e. The number of hydrogen-bond acceptors (Lipinski definition) is 3. The Morgan fingerprint density at radius 3 is 1.80 bits per heavy atom. The molecule has 0 aliphatic rings. The van der Waals surface area contributed by atoms with E-state index in [9.17, 15) is 0 Å². The van der Waals surface area contributed by atoms with E-state index in [1.807, 2.05) is 24.5 Å². The highest BCUT2D eigenvalue weighted by molar-refractivity contribution is 6.84. The molecule has 0 aromatic carbocycles. The van der Waals surface area contributed by atoms with Crippen molar-refractivity contribution in [1.82, 2.24) is 0 Å². The summed E-state index contributed by atoms with van der Waals surface area (Å²) in [6, 6.07) is 0. The van der Waals surface area contributed by atoms with Gasteiger partial charge in [0.15, 0.2) is 0 Å². The van der Waals surface area contributed by atoms with Crippen LogP contribution in [0.2, 0.25) is 13.1 Å². The lowest BCUT2D eigenvalue weighted by Gasteiger charge is -2.33. The topological polar surface area (TPSA) is 27.7 Å². The van der Waals surface area contributed by atoms with E-state index in [1.54, 1.807) is 0 Å². The Morgan fingerprint density at radius 2 is 1.35 bits per heavy atom. The van der Waals surface area contributed by atoms with Gasteiger partial charge in [0.2, 0.25) is 0 Å². The van der Waals surface area contributed by atoms with E-state index >= 15 is 0 Å². The summed E-state index contributed by atoms with van der Waals surface area (Å²) in [5, 5.41) is 0. The molecular weight excluding hydrogens is 284 g/mol. The molecule has 118 valence electrons. The summed E-state index contributed by atoms with van der Waals surface area (Å²) in [5.41, 5.74) is 3.68. The molecule has 0 aromatic heterocycles. The Labute approximate surface area is 127 Å². The molecule has 0 amide bonds. The van der Waals surface area contributed by atoms with E-state index in [0.29, 0.717) is 6.61 Å². The zero-order chi connectivity index (χ0) is 15.5. The number of hydrogen-bond donors (Lipinski definition) is 0. The van der Waals surface area contributed by atoms with E-state index in [2.05, 4.69) is 27.0 Å². The molecule has 2 unspecified atom stereocenters. The Morgan fingerprint density at radius 1 is 0.800 bits per heavy atom. The Bertz CT molecular complexity index is 286. The molecule has 0 N–H and O–H groups in total. The van der Waals surface area contributed by atoms with Crippen LogP contribution in [0.5, 0.6) is 0 Å². The molecule has 0 aliphatic carbocycles. The van der Waals surface area contributed by atoms with Crippen LogP contribution in [0, 0.1) is 0 Å². The molecule has 0 aromatic rings. The first-order valence-corrected chi connectivity index (χ1v) is 12.5. The third-order valence-corrected chi connectivity index (χ3v) is 9.41. The Hall–Kier alpha value is -0.206. The van der Waals surface area contributed by atoms with Crippen molar-refractivity contribution in [2.75, 3.05) is 13.2 Å². The molecule has 20 heavy (non-hydrogen) atoms. The predicted octanol–water partition coefficient (Wildman–Crippen LogP) is 4.62. The maximum Gasteiger partial charge on any atom is 0.352 e. The van der Waals surface area contributed by atoms with Crippen molar-refractivity contribution in [2.24, 2.45) is 0 Å². The van der Waals surface area contributed by atoms with Crippen LogP contribution in [0.1, 0.15) is 46.0 Å². The number of rotatable bonds is 13. The van der Waals surface area contributed by atoms with Gasteiger partial charge in [0.25, 0.3) is 0 Å². The largest absolute Gasteiger partial charge is 0.409 e. The minimum atomic E-state index is -2.36. The summed E-state index contributed by atoms with van der Waals surface area (Å²) in [6.07, 6.45) is 5.76. The molecule has 5 heteroatoms. The van der Waals surface area contributed by atoms with Gasteiger partial charge >= 0.3 is 17.1 Å². The fraction of sp³-hybridized carbons (Fsp3) is 0.733. The Kier molecular flexibility index (Phi) is 10.4. The zero-order valence-corrected chi connectivity index (χ0v) is 15.7. The van der Waals surface area contributed by atoms with Crippen LogP contribution in [0.15, 0.2) is 24.6 Å². The van der Waals surface area contributed by atoms with Gasteiger partial charge in [-0.15, -0.1) is 13.2 Å². The summed E-state index contributed by atoms with van der Waals surface area (Å²) in [5.74, 6) is 0. The van der Waals surface area contributed by atoms with Gasteiger partial charge in [-0.3, -0.25) is 0 Å². The molecule has 0 aliphatic heterocycles. The minimum absolute atomic E-state index is 0.701. The molecule has 0 spiro atoms. The van der Waals surface area contributed by atoms with Crippen LogP contribution in [-0.4, -0.2) is 30.3 Å². The maximum absolute atomic E-state index is 6.23. The monoisotopic (exact) mass is 316 g/mol. The normalized spacial score (nSPS) is 17.2. The molecule has 0 bridgehead atoms. The van der Waals surface area contributed by atoms with Crippen molar-refractivity contribution in [3.63, 3.8) is 0 Å². The molecule has 0 radical (unpaired) electrons. The molecular formula is C15H32O3Si2. The molecule has 0 fully saturated rings. The van der Waals surface area contributed by atoms with Gasteiger partial charge in [-0.25, -0.2) is 0 Å². The molecule has 3 nitrogen and oxygen atoms in total. The average molecular weight is 317 g/mol. The summed E-state index contributed by atoms with van der Waals surface area (Å²) in [4.78, 5) is 0. The second-order valence-corrected chi connectivity index (χ2v) is 11.6. The highest BCUT2D eigenvalue weighted by atomic mass is 28.5. The molecule has 2 atom stereocenters. The fourth-order valence-corrected chi connectivity index (χ4v) is 7.52. The SMILES string of the molecule is C=C[Si](C)(OCCC)O[Si](C)(C=C)OCCCCCC. The van der Waals surface area contributed by atoms with Gasteiger partial charge in [0.1, 0.15) is 0 Å². The summed E-state index contributed by atoms with van der Waals surface area (Å²) < 4.78 is 18.1. The van der Waals surface area contributed by atoms with E-state index in [-0.39, 0.29) is 0 Å². The lowest BCUT2D eigenvalue weighted by Crippen LogP contribution is -2.50. The van der Waals surface area contributed by atoms with Crippen molar-refractivity contribution >= 4 is 17.1 Å². The van der Waals surface area contributed by atoms with Crippen LogP contribution in [-0.2, 0) is 13.0 Å². The van der Waals surface area contributed by atoms with Crippen LogP contribution < -0.4 is 0 Å². The van der Waals surface area contributed by atoms with Gasteiger partial charge in [0.05, 0.1) is 0 Å². The lowest BCUT2D eigenvalue weighted by atomic mass is 10.2. The average Bonchev–Trinajstić information content (AvgIpc) is 2.45. The van der Waals surface area contributed by atoms with Gasteiger partial charge in [0, 0.05) is 13.2 Å². The van der Waals surface area contributed by atoms with E-state index < -0.39 is 17.1 Å². The third-order valence-electron chi connectivity index (χ3n) is 3.13. The fourth-order valence-electron chi connectivity index (χ4n) is 1.77. The third kappa shape index (κ3) is 8.16. The van der Waals surface area contributed by atoms with Gasteiger partial charge in [-0.05, 0) is 25.9 Å². The van der Waals surface area contributed by atoms with Crippen LogP contribution in [0.4, 0.5) is 0 Å². The molecule has 0 rings (SSSR count). The summed E-state index contributed by atoms with van der Waals surface area (Å²) >= 11 is 0. The standard InChI is InChI=1S/C15H32O3Si2/c1-7-11-12-13-15-17-20(6,10-4)18-19(5,9-3)16-14-8-2/h9-10H,3-4,7-8,11-15H2,1-2,5-6H3. The first-order valence-electron chi connectivity index (χ1n) is 7.70. The van der Waals surface area contributed by atoms with Crippen molar-refractivity contribution in [1.29, 1.82) is 0 Å². The molecule has 0 saturated carbocycles. The highest BCUT2D eigenvalue weighted by Gasteiger charge is 2.39. The quantitative estimate of drug-likeness (QED) is 0.366. The van der Waals surface area contributed by atoms with E-state index in [0.717, 1.165) is 19.4 Å². The van der Waals surface area contributed by atoms with Gasteiger partial charge in [-0.1, -0.05) is 44.5 Å². The van der Waals surface area contributed by atoms with Crippen LogP contribution in [0.25, 0.3) is 0 Å². The van der Waals surface area contributed by atoms with Crippen LogP contribution >= 0.6 is 0 Å². The molecule has 0 saturated heterocycles. The first-order chi connectivity index (χ1) is 9.45. The summed E-state index contributed by atoms with van der Waals surface area (Å²) in [6.45, 7) is 17.5. The van der Waals surface area contributed by atoms with Crippen molar-refractivity contribution in [3.05, 3.63) is 24.6 Å². The van der Waals surface area contributed by atoms with Crippen LogP contribution in [0.3, 0.4) is 0 Å². The van der Waals surface area contributed by atoms with Crippen molar-refractivity contribution in [3.8, 4) is 0 Å². The smallest absolute Gasteiger partial charge is 0.352 e. The maximum atomic E-state index is 6.23. The van der Waals surface area contributed by atoms with E-state index in [4.69, 9.17) is 13.0 Å². The zero-order valence-electron chi connectivity index (χ0n) is 13.7. The van der Waals surface area contributed by atoms with Crippen molar-refractivity contribution < 1.29 is 13.0 Å². The first kappa shape index (κ1) is 19.8.